The molecule has 0 unspecified atom stereocenters. The number of amides is 1. The number of nitrogens with one attached hydrogen (secondary N) is 1. The summed E-state index contributed by atoms with van der Waals surface area (Å²) in [5.74, 6) is 1.65. The Bertz CT molecular complexity index is 315. The summed E-state index contributed by atoms with van der Waals surface area (Å²) in [6.07, 6.45) is 10.8. The van der Waals surface area contributed by atoms with Gasteiger partial charge in [0.1, 0.15) is 0 Å². The van der Waals surface area contributed by atoms with Crippen LogP contribution < -0.4 is 11.1 Å². The van der Waals surface area contributed by atoms with Gasteiger partial charge in [0.05, 0.1) is 5.41 Å². The van der Waals surface area contributed by atoms with E-state index in [1.54, 1.807) is 0 Å². The monoisotopic (exact) mass is 280 g/mol. The van der Waals surface area contributed by atoms with Gasteiger partial charge in [-0.15, -0.1) is 0 Å². The third kappa shape index (κ3) is 3.55. The highest BCUT2D eigenvalue weighted by atomic mass is 16.2. The fourth-order valence-electron chi connectivity index (χ4n) is 3.95. The SMILES string of the molecule is CC1CCC(CN)(C(=O)N[C@@H](C)C2CCCCC2)CC1. The number of rotatable bonds is 4. The number of carbonyl (C=O) groups excluding carboxylic acids is 1. The van der Waals surface area contributed by atoms with Gasteiger partial charge in [-0.2, -0.15) is 0 Å². The maximum Gasteiger partial charge on any atom is 0.227 e. The highest BCUT2D eigenvalue weighted by molar-refractivity contribution is 5.83. The highest BCUT2D eigenvalue weighted by Gasteiger charge is 2.40. The first kappa shape index (κ1) is 15.8. The molecule has 116 valence electrons. The van der Waals surface area contributed by atoms with Crippen molar-refractivity contribution in [1.82, 2.24) is 5.32 Å². The average Bonchev–Trinajstić information content (AvgIpc) is 2.49. The van der Waals surface area contributed by atoms with E-state index in [0.29, 0.717) is 18.5 Å². The fourth-order valence-corrected chi connectivity index (χ4v) is 3.95. The van der Waals surface area contributed by atoms with Crippen LogP contribution in [0.2, 0.25) is 0 Å². The zero-order valence-corrected chi connectivity index (χ0v) is 13.3. The summed E-state index contributed by atoms with van der Waals surface area (Å²) in [5, 5.41) is 3.31. The zero-order chi connectivity index (χ0) is 14.6. The lowest BCUT2D eigenvalue weighted by molar-refractivity contribution is -0.134. The van der Waals surface area contributed by atoms with Crippen molar-refractivity contribution in [3.63, 3.8) is 0 Å². The molecule has 1 atom stereocenters. The molecule has 1 amide bonds. The molecule has 20 heavy (non-hydrogen) atoms. The highest BCUT2D eigenvalue weighted by Crippen LogP contribution is 2.38. The molecule has 0 saturated heterocycles. The molecule has 2 rings (SSSR count). The second-order valence-electron chi connectivity index (χ2n) is 7.33. The van der Waals surface area contributed by atoms with Crippen molar-refractivity contribution in [3.8, 4) is 0 Å². The molecule has 0 aliphatic heterocycles. The quantitative estimate of drug-likeness (QED) is 0.830. The summed E-state index contributed by atoms with van der Waals surface area (Å²) in [4.78, 5) is 12.7. The molecule has 2 fully saturated rings. The van der Waals surface area contributed by atoms with Gasteiger partial charge in [-0.05, 0) is 57.3 Å². The van der Waals surface area contributed by atoms with E-state index in [1.165, 1.54) is 32.1 Å². The molecular formula is C17H32N2O. The Balaban J connectivity index is 1.91. The van der Waals surface area contributed by atoms with Crippen molar-refractivity contribution in [2.75, 3.05) is 6.54 Å². The lowest BCUT2D eigenvalue weighted by Gasteiger charge is -2.39. The van der Waals surface area contributed by atoms with Gasteiger partial charge < -0.3 is 11.1 Å². The second kappa shape index (κ2) is 6.93. The van der Waals surface area contributed by atoms with Crippen LogP contribution in [-0.4, -0.2) is 18.5 Å². The van der Waals surface area contributed by atoms with Gasteiger partial charge in [0.2, 0.25) is 5.91 Å². The predicted molar refractivity (Wildman–Crippen MR) is 83.3 cm³/mol. The first-order valence-electron chi connectivity index (χ1n) is 8.58. The fraction of sp³-hybridized carbons (Fsp3) is 0.941. The maximum atomic E-state index is 12.7. The minimum atomic E-state index is -0.282. The largest absolute Gasteiger partial charge is 0.353 e. The summed E-state index contributed by atoms with van der Waals surface area (Å²) in [6, 6.07) is 0.311. The zero-order valence-electron chi connectivity index (χ0n) is 13.3. The van der Waals surface area contributed by atoms with Crippen LogP contribution >= 0.6 is 0 Å². The van der Waals surface area contributed by atoms with Crippen molar-refractivity contribution >= 4 is 5.91 Å². The third-order valence-electron chi connectivity index (χ3n) is 5.82. The van der Waals surface area contributed by atoms with E-state index >= 15 is 0 Å². The number of carbonyl (C=O) groups is 1. The number of hydrogen-bond acceptors (Lipinski definition) is 2. The first-order chi connectivity index (χ1) is 9.57. The van der Waals surface area contributed by atoms with Gasteiger partial charge in [-0.1, -0.05) is 26.2 Å². The van der Waals surface area contributed by atoms with Crippen LogP contribution in [0.1, 0.15) is 71.6 Å². The van der Waals surface area contributed by atoms with Crippen LogP contribution in [0.5, 0.6) is 0 Å². The summed E-state index contributed by atoms with van der Waals surface area (Å²) in [5.41, 5.74) is 5.70. The molecular weight excluding hydrogens is 248 g/mol. The standard InChI is InChI=1S/C17H32N2O/c1-13-8-10-17(12-18,11-9-13)16(20)19-14(2)15-6-4-3-5-7-15/h13-15H,3-12,18H2,1-2H3,(H,19,20)/t13?,14-,17?/m0/s1. The molecule has 0 aromatic heterocycles. The van der Waals surface area contributed by atoms with Crippen LogP contribution in [-0.2, 0) is 4.79 Å². The Morgan fingerprint density at radius 1 is 1.20 bits per heavy atom. The summed E-state index contributed by atoms with van der Waals surface area (Å²) < 4.78 is 0. The molecule has 0 heterocycles. The average molecular weight is 280 g/mol. The third-order valence-corrected chi connectivity index (χ3v) is 5.82. The normalized spacial score (nSPS) is 33.6. The Morgan fingerprint density at radius 3 is 2.35 bits per heavy atom. The smallest absolute Gasteiger partial charge is 0.227 e. The molecule has 0 aromatic rings. The molecule has 0 radical (unpaired) electrons. The molecule has 2 aliphatic carbocycles. The van der Waals surface area contributed by atoms with E-state index in [0.717, 1.165) is 31.6 Å². The summed E-state index contributed by atoms with van der Waals surface area (Å²) in [6.45, 7) is 4.97. The number of hydrogen-bond donors (Lipinski definition) is 2. The van der Waals surface area contributed by atoms with E-state index in [-0.39, 0.29) is 11.3 Å². The first-order valence-corrected chi connectivity index (χ1v) is 8.58. The maximum absolute atomic E-state index is 12.7. The van der Waals surface area contributed by atoms with Gasteiger partial charge in [0, 0.05) is 12.6 Å². The van der Waals surface area contributed by atoms with Gasteiger partial charge >= 0.3 is 0 Å². The lowest BCUT2D eigenvalue weighted by Crippen LogP contribution is -2.51. The van der Waals surface area contributed by atoms with Crippen molar-refractivity contribution in [3.05, 3.63) is 0 Å². The lowest BCUT2D eigenvalue weighted by atomic mass is 9.70. The van der Waals surface area contributed by atoms with Crippen LogP contribution in [0.25, 0.3) is 0 Å². The molecule has 3 heteroatoms. The van der Waals surface area contributed by atoms with Crippen molar-refractivity contribution in [2.45, 2.75) is 77.7 Å². The van der Waals surface area contributed by atoms with Crippen LogP contribution in [0.15, 0.2) is 0 Å². The molecule has 0 bridgehead atoms. The van der Waals surface area contributed by atoms with Crippen LogP contribution in [0.3, 0.4) is 0 Å². The van der Waals surface area contributed by atoms with Gasteiger partial charge in [-0.3, -0.25) is 4.79 Å². The van der Waals surface area contributed by atoms with Gasteiger partial charge in [0.15, 0.2) is 0 Å². The van der Waals surface area contributed by atoms with Gasteiger partial charge in [0.25, 0.3) is 0 Å². The summed E-state index contributed by atoms with van der Waals surface area (Å²) in [7, 11) is 0. The van der Waals surface area contributed by atoms with E-state index < -0.39 is 0 Å². The molecule has 2 saturated carbocycles. The Kier molecular flexibility index (Phi) is 5.48. The Morgan fingerprint density at radius 2 is 1.80 bits per heavy atom. The molecule has 3 N–H and O–H groups in total. The van der Waals surface area contributed by atoms with Crippen LogP contribution in [0, 0.1) is 17.3 Å². The van der Waals surface area contributed by atoms with E-state index in [4.69, 9.17) is 5.73 Å². The number of nitrogens with two attached hydrogens (primary N) is 1. The molecule has 3 nitrogen and oxygen atoms in total. The van der Waals surface area contributed by atoms with E-state index in [2.05, 4.69) is 19.2 Å². The van der Waals surface area contributed by atoms with Gasteiger partial charge in [-0.25, -0.2) is 0 Å². The van der Waals surface area contributed by atoms with E-state index in [9.17, 15) is 4.79 Å². The topological polar surface area (TPSA) is 55.1 Å². The second-order valence-corrected chi connectivity index (χ2v) is 7.33. The van der Waals surface area contributed by atoms with Crippen LogP contribution in [0.4, 0.5) is 0 Å². The predicted octanol–water partition coefficient (Wildman–Crippen LogP) is 3.23. The summed E-state index contributed by atoms with van der Waals surface area (Å²) >= 11 is 0. The van der Waals surface area contributed by atoms with E-state index in [1.807, 2.05) is 0 Å². The molecule has 0 aromatic carbocycles. The molecule has 0 spiro atoms. The Hall–Kier alpha value is -0.570. The van der Waals surface area contributed by atoms with Crippen molar-refractivity contribution in [2.24, 2.45) is 23.0 Å². The van der Waals surface area contributed by atoms with Crippen molar-refractivity contribution < 1.29 is 4.79 Å². The minimum absolute atomic E-state index is 0.227. The molecule has 2 aliphatic rings. The minimum Gasteiger partial charge on any atom is -0.353 e. The Labute approximate surface area is 124 Å². The van der Waals surface area contributed by atoms with Crippen molar-refractivity contribution in [1.29, 1.82) is 0 Å².